The Balaban J connectivity index is 3.81. The quantitative estimate of drug-likeness (QED) is 0.0264. The van der Waals surface area contributed by atoms with Crippen molar-refractivity contribution in [3.05, 3.63) is 122 Å². The minimum Gasteiger partial charge on any atom is -0.462 e. The predicted octanol–water partition coefficient (Wildman–Crippen LogP) is 19.2. The number of phosphoric ester groups is 1. The molecule has 0 aliphatic heterocycles. The molecule has 0 aliphatic rings. The van der Waals surface area contributed by atoms with E-state index in [1.165, 1.54) is 122 Å². The van der Waals surface area contributed by atoms with Crippen molar-refractivity contribution in [1.29, 1.82) is 0 Å². The Morgan fingerprint density at radius 1 is 0.400 bits per heavy atom. The van der Waals surface area contributed by atoms with E-state index in [4.69, 9.17) is 24.3 Å². The molecule has 0 rings (SSSR count). The Bertz CT molecular complexity index is 1640. The van der Waals surface area contributed by atoms with Crippen LogP contribution in [0.3, 0.4) is 0 Å². The maximum absolute atomic E-state index is 12.7. The third kappa shape index (κ3) is 59.5. The number of ether oxygens (including phenoxy) is 2. The molecule has 0 heterocycles. The second-order valence-corrected chi connectivity index (χ2v) is 20.9. The summed E-state index contributed by atoms with van der Waals surface area (Å²) in [6.45, 7) is 3.42. The highest BCUT2D eigenvalue weighted by atomic mass is 31.2. The van der Waals surface area contributed by atoms with E-state index >= 15 is 0 Å². The summed E-state index contributed by atoms with van der Waals surface area (Å²) >= 11 is 0. The van der Waals surface area contributed by atoms with Crippen LogP contribution < -0.4 is 5.73 Å². The molecule has 0 amide bonds. The average molecular weight is 1060 g/mol. The van der Waals surface area contributed by atoms with Gasteiger partial charge < -0.3 is 20.1 Å². The van der Waals surface area contributed by atoms with Crippen LogP contribution in [0.15, 0.2) is 122 Å². The maximum Gasteiger partial charge on any atom is 0.472 e. The van der Waals surface area contributed by atoms with Gasteiger partial charge in [0.1, 0.15) is 6.61 Å². The molecule has 0 spiro atoms. The minimum atomic E-state index is -4.40. The van der Waals surface area contributed by atoms with Crippen molar-refractivity contribution in [3.8, 4) is 0 Å². The number of carbonyl (C=O) groups excluding carboxylic acids is 2. The molecule has 0 aromatic rings. The summed E-state index contributed by atoms with van der Waals surface area (Å²) in [5, 5.41) is 0. The molecule has 0 radical (unpaired) electrons. The van der Waals surface area contributed by atoms with Crippen LogP contribution in [0.4, 0.5) is 0 Å². The van der Waals surface area contributed by atoms with Gasteiger partial charge in [0.05, 0.1) is 13.2 Å². The molecular weight excluding hydrogens is 954 g/mol. The Morgan fingerprint density at radius 2 is 0.720 bits per heavy atom. The molecule has 428 valence electrons. The van der Waals surface area contributed by atoms with Crippen LogP contribution in [0, 0.1) is 0 Å². The van der Waals surface area contributed by atoms with Crippen molar-refractivity contribution in [2.45, 2.75) is 251 Å². The van der Waals surface area contributed by atoms with Crippen LogP contribution in [0.5, 0.6) is 0 Å². The topological polar surface area (TPSA) is 134 Å². The van der Waals surface area contributed by atoms with Crippen LogP contribution in [0.2, 0.25) is 0 Å². The molecule has 3 N–H and O–H groups in total. The molecule has 0 aliphatic carbocycles. The van der Waals surface area contributed by atoms with E-state index < -0.39 is 32.5 Å². The SMILES string of the molecule is CC/C=C\C/C=C\C/C=C\C/C=C\C/C=C\C/C=C\CCCCCCCCCCCCCCCCCCCCCCCCC(=O)OC(COC(=O)CC/C=C\C/C=C\C/C=C\C/C=C\CC)COP(=O)(O)OCCN. The summed E-state index contributed by atoms with van der Waals surface area (Å²) in [4.78, 5) is 35.0. The van der Waals surface area contributed by atoms with Gasteiger partial charge in [0.15, 0.2) is 6.10 Å². The molecule has 0 fully saturated rings. The number of rotatable bonds is 55. The Morgan fingerprint density at radius 3 is 1.08 bits per heavy atom. The molecule has 75 heavy (non-hydrogen) atoms. The first-order valence-electron chi connectivity index (χ1n) is 30.0. The Labute approximate surface area is 460 Å². The van der Waals surface area contributed by atoms with Crippen molar-refractivity contribution < 1.29 is 37.6 Å². The van der Waals surface area contributed by atoms with E-state index in [1.807, 2.05) is 12.2 Å². The van der Waals surface area contributed by atoms with Crippen LogP contribution in [-0.4, -0.2) is 49.3 Å². The number of esters is 2. The fourth-order valence-corrected chi connectivity index (χ4v) is 8.77. The summed E-state index contributed by atoms with van der Waals surface area (Å²) in [6, 6.07) is 0. The molecule has 0 aromatic carbocycles. The molecular formula is C65H110NO8P. The lowest BCUT2D eigenvalue weighted by atomic mass is 10.0. The number of unbranched alkanes of at least 4 members (excludes halogenated alkanes) is 22. The van der Waals surface area contributed by atoms with Gasteiger partial charge in [0.25, 0.3) is 0 Å². The van der Waals surface area contributed by atoms with Gasteiger partial charge in [-0.2, -0.15) is 0 Å². The summed E-state index contributed by atoms with van der Waals surface area (Å²) < 4.78 is 32.9. The van der Waals surface area contributed by atoms with E-state index in [0.29, 0.717) is 12.8 Å². The van der Waals surface area contributed by atoms with Gasteiger partial charge >= 0.3 is 19.8 Å². The number of allylic oxidation sites excluding steroid dienone is 20. The Hall–Kier alpha value is -3.59. The predicted molar refractivity (Wildman–Crippen MR) is 321 cm³/mol. The second kappa shape index (κ2) is 59.7. The van der Waals surface area contributed by atoms with Gasteiger partial charge in [0.2, 0.25) is 0 Å². The zero-order valence-corrected chi connectivity index (χ0v) is 48.6. The number of phosphoric acid groups is 1. The normalized spacial score (nSPS) is 13.9. The first-order valence-corrected chi connectivity index (χ1v) is 31.5. The molecule has 0 saturated carbocycles. The molecule has 0 aromatic heterocycles. The van der Waals surface area contributed by atoms with Crippen molar-refractivity contribution in [3.63, 3.8) is 0 Å². The largest absolute Gasteiger partial charge is 0.472 e. The summed E-state index contributed by atoms with van der Waals surface area (Å²) in [6.07, 6.45) is 83.1. The lowest BCUT2D eigenvalue weighted by Crippen LogP contribution is -2.29. The molecule has 2 atom stereocenters. The van der Waals surface area contributed by atoms with E-state index in [2.05, 4.69) is 123 Å². The number of hydrogen-bond acceptors (Lipinski definition) is 8. The fraction of sp³-hybridized carbons (Fsp3) is 0.662. The van der Waals surface area contributed by atoms with Gasteiger partial charge in [-0.3, -0.25) is 18.6 Å². The van der Waals surface area contributed by atoms with Crippen molar-refractivity contribution in [2.24, 2.45) is 5.73 Å². The van der Waals surface area contributed by atoms with Gasteiger partial charge in [-0.05, 0) is 89.9 Å². The van der Waals surface area contributed by atoms with Crippen molar-refractivity contribution in [2.75, 3.05) is 26.4 Å². The molecule has 9 nitrogen and oxygen atoms in total. The third-order valence-electron chi connectivity index (χ3n) is 12.4. The average Bonchev–Trinajstić information content (AvgIpc) is 3.40. The smallest absolute Gasteiger partial charge is 0.462 e. The highest BCUT2D eigenvalue weighted by Gasteiger charge is 2.26. The molecule has 0 saturated heterocycles. The van der Waals surface area contributed by atoms with E-state index in [0.717, 1.165) is 83.5 Å². The molecule has 2 unspecified atom stereocenters. The summed E-state index contributed by atoms with van der Waals surface area (Å²) in [5.74, 6) is -0.923. The first-order chi connectivity index (χ1) is 36.8. The van der Waals surface area contributed by atoms with Crippen molar-refractivity contribution in [1.82, 2.24) is 0 Å². The van der Waals surface area contributed by atoms with Crippen LogP contribution >= 0.6 is 7.82 Å². The number of carbonyl (C=O) groups is 2. The zero-order valence-electron chi connectivity index (χ0n) is 47.7. The highest BCUT2D eigenvalue weighted by molar-refractivity contribution is 7.47. The number of hydrogen-bond donors (Lipinski definition) is 2. The Kier molecular flexibility index (Phi) is 56.8. The van der Waals surface area contributed by atoms with Gasteiger partial charge in [-0.1, -0.05) is 264 Å². The lowest BCUT2D eigenvalue weighted by Gasteiger charge is -2.19. The number of nitrogens with two attached hydrogens (primary N) is 1. The van der Waals surface area contributed by atoms with Crippen LogP contribution in [0.1, 0.15) is 245 Å². The van der Waals surface area contributed by atoms with Gasteiger partial charge in [0, 0.05) is 19.4 Å². The van der Waals surface area contributed by atoms with Gasteiger partial charge in [-0.25, -0.2) is 4.57 Å². The second-order valence-electron chi connectivity index (χ2n) is 19.5. The third-order valence-corrected chi connectivity index (χ3v) is 13.3. The van der Waals surface area contributed by atoms with E-state index in [1.54, 1.807) is 0 Å². The fourth-order valence-electron chi connectivity index (χ4n) is 8.01. The van der Waals surface area contributed by atoms with E-state index in [-0.39, 0.29) is 32.6 Å². The van der Waals surface area contributed by atoms with Crippen LogP contribution in [-0.2, 0) is 32.7 Å². The van der Waals surface area contributed by atoms with E-state index in [9.17, 15) is 19.0 Å². The minimum absolute atomic E-state index is 0.0411. The highest BCUT2D eigenvalue weighted by Crippen LogP contribution is 2.43. The standard InChI is InChI=1S/C65H110NO8P/c1-3-5-7-9-11-13-15-17-18-19-20-21-22-23-24-25-26-27-28-29-30-31-32-33-34-35-36-37-38-39-40-41-42-43-44-46-48-50-52-54-56-58-65(68)74-63(62-73-75(69,70)72-60-59-66)61-71-64(67)57-55-53-51-49-47-45-16-14-12-10-8-6-4-2/h5-8,11-14,17-18,20-21,23-24,26-27,45,47,51,53,63H,3-4,9-10,15-16,19,22,25,28-44,46,48-50,52,54-62,66H2,1-2H3,(H,69,70)/b7-5-,8-6-,13-11-,14-12-,18-17-,21-20-,24-23-,27-26-,47-45-,53-51-. The molecule has 10 heteroatoms. The summed E-state index contributed by atoms with van der Waals surface area (Å²) in [7, 11) is -4.40. The van der Waals surface area contributed by atoms with Gasteiger partial charge in [-0.15, -0.1) is 0 Å². The zero-order chi connectivity index (χ0) is 54.5. The van der Waals surface area contributed by atoms with Crippen molar-refractivity contribution >= 4 is 19.8 Å². The molecule has 0 bridgehead atoms. The lowest BCUT2D eigenvalue weighted by molar-refractivity contribution is -0.161. The maximum atomic E-state index is 12.7. The first kappa shape index (κ1) is 71.4. The monoisotopic (exact) mass is 1060 g/mol. The van der Waals surface area contributed by atoms with Crippen LogP contribution in [0.25, 0.3) is 0 Å². The summed E-state index contributed by atoms with van der Waals surface area (Å²) in [5.41, 5.74) is 5.37.